The first-order chi connectivity index (χ1) is 28.0. The Morgan fingerprint density at radius 1 is 0.932 bits per heavy atom. The van der Waals surface area contributed by atoms with Gasteiger partial charge in [-0.1, -0.05) is 48.4 Å². The minimum absolute atomic E-state index is 0.0870. The molecule has 4 aliphatic heterocycles. The molecular formula is C41H51ClFN7O9. The molecule has 0 radical (unpaired) electrons. The Labute approximate surface area is 346 Å². The summed E-state index contributed by atoms with van der Waals surface area (Å²) in [4.78, 5) is 102. The van der Waals surface area contributed by atoms with Crippen LogP contribution >= 0.6 is 11.6 Å². The number of aliphatic hydroxyl groups excluding tert-OH is 1. The van der Waals surface area contributed by atoms with E-state index in [0.717, 1.165) is 16.5 Å². The Morgan fingerprint density at radius 2 is 1.68 bits per heavy atom. The third kappa shape index (κ3) is 9.95. The van der Waals surface area contributed by atoms with Crippen molar-refractivity contribution >= 4 is 58.8 Å². The maximum atomic E-state index is 14.8. The second-order valence-electron chi connectivity index (χ2n) is 16.1. The van der Waals surface area contributed by atoms with Crippen LogP contribution < -0.4 is 21.3 Å². The molecule has 4 saturated heterocycles. The fourth-order valence-corrected chi connectivity index (χ4v) is 8.58. The zero-order chi connectivity index (χ0) is 42.7. The average molecular weight is 840 g/mol. The van der Waals surface area contributed by atoms with Gasteiger partial charge in [-0.3, -0.25) is 24.0 Å². The molecule has 59 heavy (non-hydrogen) atoms. The van der Waals surface area contributed by atoms with E-state index in [0.29, 0.717) is 24.8 Å². The molecule has 2 aromatic carbocycles. The molecule has 18 heteroatoms. The summed E-state index contributed by atoms with van der Waals surface area (Å²) in [6.07, 6.45) is -1.03. The highest BCUT2D eigenvalue weighted by Gasteiger charge is 2.49. The summed E-state index contributed by atoms with van der Waals surface area (Å²) in [6.45, 7) is 6.70. The molecule has 0 aliphatic carbocycles. The Bertz CT molecular complexity index is 1990. The SMILES string of the molecule is Cc1cccc(C[C@H](NC(=O)Nc2ccc(Cl)cc2F)C(=O)N[C@@H]2C(=O)N3C[C@H](O)C[C@H]3C(=O)N3CCCC[C@H]3C(=O)N[C@@H](C)C(=O)N3C[C@@H](C)C[C@H]3C(=O)O[C@H]2C)c1. The molecule has 0 saturated carbocycles. The second-order valence-corrected chi connectivity index (χ2v) is 16.5. The van der Waals surface area contributed by atoms with Crippen molar-refractivity contribution in [2.24, 2.45) is 5.92 Å². The molecule has 4 fully saturated rings. The molecule has 0 unspecified atom stereocenters. The van der Waals surface area contributed by atoms with Gasteiger partial charge < -0.3 is 45.8 Å². The first-order valence-corrected chi connectivity index (χ1v) is 20.4. The number of piperidine rings is 1. The summed E-state index contributed by atoms with van der Waals surface area (Å²) in [6, 6.07) is 2.46. The number of carbonyl (C=O) groups is 7. The highest BCUT2D eigenvalue weighted by Crippen LogP contribution is 2.29. The zero-order valence-corrected chi connectivity index (χ0v) is 34.2. The number of esters is 1. The molecule has 7 amide bonds. The van der Waals surface area contributed by atoms with E-state index in [-0.39, 0.29) is 55.5 Å². The van der Waals surface area contributed by atoms with E-state index >= 15 is 0 Å². The number of rotatable bonds is 6. The number of nitrogens with one attached hydrogen (secondary N) is 4. The molecule has 0 spiro atoms. The van der Waals surface area contributed by atoms with E-state index in [4.69, 9.17) is 16.3 Å². The maximum Gasteiger partial charge on any atom is 0.329 e. The number of halogens is 2. The molecule has 9 atom stereocenters. The standard InChI is InChI=1S/C41H51ClFN7O9/c1-21-8-7-9-25(14-21)16-30(46-41(58)45-29-12-11-26(42)17-28(29)43)35(52)47-34-24(4)59-40(57)33-15-22(2)19-49(33)37(54)23(3)44-36(53)31-10-5-6-13-48(31)38(55)32-18-27(51)20-50(32)39(34)56/h7-9,11-12,14,17,22-24,27,30-34,51H,5-6,10,13,15-16,18-20H2,1-4H3,(H,44,53)(H,47,52)(H2,45,46,58)/t22-,23-,24-,27+,30-,31-,32-,33-,34-/m0/s1. The van der Waals surface area contributed by atoms with Gasteiger partial charge in [0.2, 0.25) is 29.5 Å². The van der Waals surface area contributed by atoms with Crippen LogP contribution in [0.5, 0.6) is 0 Å². The van der Waals surface area contributed by atoms with Crippen LogP contribution in [-0.4, -0.2) is 129 Å². The minimum Gasteiger partial charge on any atom is -0.458 e. The number of hydrogen-bond donors (Lipinski definition) is 5. The summed E-state index contributed by atoms with van der Waals surface area (Å²) in [5, 5.41) is 21.3. The number of cyclic esters (lactones) is 1. The van der Waals surface area contributed by atoms with Crippen LogP contribution in [0.4, 0.5) is 14.9 Å². The van der Waals surface area contributed by atoms with Gasteiger partial charge in [-0.25, -0.2) is 14.0 Å². The highest BCUT2D eigenvalue weighted by molar-refractivity contribution is 6.30. The number of hydrogen-bond acceptors (Lipinski definition) is 9. The van der Waals surface area contributed by atoms with E-state index in [2.05, 4.69) is 21.3 Å². The molecule has 6 rings (SSSR count). The Kier molecular flexibility index (Phi) is 13.4. The fraction of sp³-hybridized carbons (Fsp3) is 0.537. The van der Waals surface area contributed by atoms with E-state index in [1.165, 1.54) is 35.8 Å². The maximum absolute atomic E-state index is 14.8. The van der Waals surface area contributed by atoms with E-state index < -0.39 is 95.8 Å². The molecule has 5 N–H and O–H groups in total. The quantitative estimate of drug-likeness (QED) is 0.270. The lowest BCUT2D eigenvalue weighted by Crippen LogP contribution is -2.63. The Morgan fingerprint density at radius 3 is 2.41 bits per heavy atom. The first-order valence-electron chi connectivity index (χ1n) is 20.0. The lowest BCUT2D eigenvalue weighted by molar-refractivity contribution is -0.163. The van der Waals surface area contributed by atoms with Gasteiger partial charge in [-0.15, -0.1) is 0 Å². The number of amides is 7. The first kappa shape index (κ1) is 43.3. The van der Waals surface area contributed by atoms with Crippen molar-refractivity contribution in [1.29, 1.82) is 0 Å². The third-order valence-corrected chi connectivity index (χ3v) is 11.6. The van der Waals surface area contributed by atoms with Crippen molar-refractivity contribution in [3.05, 3.63) is 64.4 Å². The van der Waals surface area contributed by atoms with Crippen molar-refractivity contribution in [3.8, 4) is 0 Å². The van der Waals surface area contributed by atoms with Gasteiger partial charge in [-0.05, 0) is 76.1 Å². The topological polar surface area (TPSA) is 207 Å². The van der Waals surface area contributed by atoms with Crippen LogP contribution in [0.3, 0.4) is 0 Å². The van der Waals surface area contributed by atoms with Crippen molar-refractivity contribution in [2.75, 3.05) is 25.0 Å². The van der Waals surface area contributed by atoms with Crippen LogP contribution in [0.1, 0.15) is 64.0 Å². The lowest BCUT2D eigenvalue weighted by Gasteiger charge is -2.39. The third-order valence-electron chi connectivity index (χ3n) is 11.4. The van der Waals surface area contributed by atoms with Crippen molar-refractivity contribution in [1.82, 2.24) is 30.7 Å². The van der Waals surface area contributed by atoms with E-state index in [9.17, 15) is 43.1 Å². The van der Waals surface area contributed by atoms with Crippen LogP contribution in [0.2, 0.25) is 5.02 Å². The Balaban J connectivity index is 1.35. The van der Waals surface area contributed by atoms with Crippen LogP contribution in [0.15, 0.2) is 42.5 Å². The largest absolute Gasteiger partial charge is 0.458 e. The average Bonchev–Trinajstić information content (AvgIpc) is 3.78. The fourth-order valence-electron chi connectivity index (χ4n) is 8.42. The second kappa shape index (κ2) is 18.3. The predicted molar refractivity (Wildman–Crippen MR) is 212 cm³/mol. The summed E-state index contributed by atoms with van der Waals surface area (Å²) >= 11 is 5.87. The van der Waals surface area contributed by atoms with Crippen molar-refractivity contribution in [2.45, 2.75) is 115 Å². The van der Waals surface area contributed by atoms with Gasteiger partial charge in [0.15, 0.2) is 0 Å². The van der Waals surface area contributed by atoms with Gasteiger partial charge in [-0.2, -0.15) is 0 Å². The smallest absolute Gasteiger partial charge is 0.329 e. The normalized spacial score (nSPS) is 28.5. The summed E-state index contributed by atoms with van der Waals surface area (Å²) in [7, 11) is 0. The monoisotopic (exact) mass is 839 g/mol. The van der Waals surface area contributed by atoms with Crippen LogP contribution in [0.25, 0.3) is 0 Å². The van der Waals surface area contributed by atoms with Crippen LogP contribution in [0, 0.1) is 18.7 Å². The van der Waals surface area contributed by atoms with E-state index in [1.54, 1.807) is 18.2 Å². The summed E-state index contributed by atoms with van der Waals surface area (Å²) in [5.41, 5.74) is 1.28. The van der Waals surface area contributed by atoms with Gasteiger partial charge in [0.25, 0.3) is 0 Å². The minimum atomic E-state index is -1.67. The lowest BCUT2D eigenvalue weighted by atomic mass is 9.98. The van der Waals surface area contributed by atoms with Crippen molar-refractivity contribution in [3.63, 3.8) is 0 Å². The van der Waals surface area contributed by atoms with Crippen molar-refractivity contribution < 1.29 is 47.8 Å². The number of fused-ring (bicyclic) bond motifs is 3. The predicted octanol–water partition coefficient (Wildman–Crippen LogP) is 2.04. The van der Waals surface area contributed by atoms with Gasteiger partial charge in [0, 0.05) is 37.5 Å². The van der Waals surface area contributed by atoms with Gasteiger partial charge in [0.05, 0.1) is 11.8 Å². The molecule has 2 aromatic rings. The highest BCUT2D eigenvalue weighted by atomic mass is 35.5. The molecule has 0 aromatic heterocycles. The molecule has 4 aliphatic rings. The van der Waals surface area contributed by atoms with Crippen LogP contribution in [-0.2, 0) is 39.9 Å². The number of carbonyl (C=O) groups excluding carboxylic acids is 7. The number of ether oxygens (including phenoxy) is 1. The summed E-state index contributed by atoms with van der Waals surface area (Å²) < 4.78 is 20.5. The van der Waals surface area contributed by atoms with Gasteiger partial charge in [0.1, 0.15) is 48.2 Å². The number of benzene rings is 2. The summed E-state index contributed by atoms with van der Waals surface area (Å²) in [5.74, 6) is -5.19. The molecule has 16 nitrogen and oxygen atoms in total. The molecule has 0 bridgehead atoms. The Hall–Kier alpha value is -5.29. The van der Waals surface area contributed by atoms with E-state index in [1.807, 2.05) is 19.9 Å². The number of aryl methyl sites for hydroxylation is 1. The number of nitrogens with zero attached hydrogens (tertiary/aromatic N) is 3. The molecule has 4 heterocycles. The molecule has 318 valence electrons. The number of urea groups is 1. The van der Waals surface area contributed by atoms with Gasteiger partial charge >= 0.3 is 12.0 Å². The molecular weight excluding hydrogens is 789 g/mol. The number of aliphatic hydroxyl groups is 1. The number of anilines is 1. The zero-order valence-electron chi connectivity index (χ0n) is 33.4.